The van der Waals surface area contributed by atoms with Gasteiger partial charge in [0.15, 0.2) is 0 Å². The zero-order valence-electron chi connectivity index (χ0n) is 10.7. The Labute approximate surface area is 90.5 Å². The first-order valence-electron chi connectivity index (χ1n) is 6.28. The molecular weight excluding hydrogens is 170 g/mol. The fourth-order valence-electron chi connectivity index (χ4n) is 1.88. The summed E-state index contributed by atoms with van der Waals surface area (Å²) in [6.07, 6.45) is 4.90. The summed E-state index contributed by atoms with van der Waals surface area (Å²) in [5.41, 5.74) is 5.93. The molecule has 1 nitrogen and oxygen atoms in total. The minimum absolute atomic E-state index is 0.418. The molecule has 2 N–H and O–H groups in total. The number of hydrogen-bond acceptors (Lipinski definition) is 1. The molecule has 0 rings (SSSR count). The van der Waals surface area contributed by atoms with Gasteiger partial charge in [-0.25, -0.2) is 0 Å². The highest BCUT2D eigenvalue weighted by Gasteiger charge is 2.17. The van der Waals surface area contributed by atoms with Crippen molar-refractivity contribution in [3.63, 3.8) is 0 Å². The third-order valence-electron chi connectivity index (χ3n) is 3.96. The van der Waals surface area contributed by atoms with E-state index in [4.69, 9.17) is 5.73 Å². The van der Waals surface area contributed by atoms with Gasteiger partial charge in [-0.05, 0) is 37.0 Å². The Morgan fingerprint density at radius 3 is 1.86 bits per heavy atom. The molecule has 0 bridgehead atoms. The number of nitrogens with two attached hydrogens (primary N) is 1. The van der Waals surface area contributed by atoms with E-state index < -0.39 is 0 Å². The molecular formula is C13H29N. The smallest absolute Gasteiger partial charge is 0.00363 e. The van der Waals surface area contributed by atoms with E-state index in [9.17, 15) is 0 Å². The molecule has 0 aromatic rings. The van der Waals surface area contributed by atoms with Gasteiger partial charge >= 0.3 is 0 Å². The van der Waals surface area contributed by atoms with E-state index in [1.165, 1.54) is 19.3 Å². The monoisotopic (exact) mass is 199 g/mol. The maximum Gasteiger partial charge on any atom is 0.00363 e. The molecule has 0 radical (unpaired) electrons. The Hall–Kier alpha value is -0.0400. The van der Waals surface area contributed by atoms with Gasteiger partial charge in [-0.2, -0.15) is 0 Å². The molecule has 1 heteroatoms. The van der Waals surface area contributed by atoms with Gasteiger partial charge in [-0.1, -0.05) is 41.0 Å². The summed E-state index contributed by atoms with van der Waals surface area (Å²) in [6.45, 7) is 11.6. The predicted molar refractivity (Wildman–Crippen MR) is 65.3 cm³/mol. The predicted octanol–water partition coefficient (Wildman–Crippen LogP) is 3.82. The van der Waals surface area contributed by atoms with Crippen LogP contribution in [0.5, 0.6) is 0 Å². The van der Waals surface area contributed by atoms with Gasteiger partial charge in [0, 0.05) is 6.04 Å². The van der Waals surface area contributed by atoms with Gasteiger partial charge in [0.2, 0.25) is 0 Å². The van der Waals surface area contributed by atoms with Crippen LogP contribution in [0, 0.1) is 17.8 Å². The molecule has 0 fully saturated rings. The second kappa shape index (κ2) is 7.28. The van der Waals surface area contributed by atoms with Gasteiger partial charge in [0.25, 0.3) is 0 Å². The third-order valence-corrected chi connectivity index (χ3v) is 3.96. The van der Waals surface area contributed by atoms with Crippen molar-refractivity contribution in [1.82, 2.24) is 0 Å². The van der Waals surface area contributed by atoms with Crippen molar-refractivity contribution >= 4 is 0 Å². The molecule has 0 aromatic carbocycles. The summed E-state index contributed by atoms with van der Waals surface area (Å²) in [5.74, 6) is 2.51. The summed E-state index contributed by atoms with van der Waals surface area (Å²) < 4.78 is 0. The van der Waals surface area contributed by atoms with Crippen LogP contribution in [-0.2, 0) is 0 Å². The molecule has 0 aliphatic rings. The topological polar surface area (TPSA) is 26.0 Å². The maximum atomic E-state index is 5.93. The highest BCUT2D eigenvalue weighted by atomic mass is 14.6. The zero-order chi connectivity index (χ0) is 11.1. The van der Waals surface area contributed by atoms with E-state index in [1.807, 2.05) is 0 Å². The Kier molecular flexibility index (Phi) is 7.26. The lowest BCUT2D eigenvalue weighted by Crippen LogP contribution is -2.22. The molecule has 0 spiro atoms. The van der Waals surface area contributed by atoms with E-state index in [0.717, 1.165) is 24.2 Å². The fraction of sp³-hybridized carbons (Fsp3) is 1.00. The highest BCUT2D eigenvalue weighted by Crippen LogP contribution is 2.26. The van der Waals surface area contributed by atoms with Gasteiger partial charge in [0.05, 0.1) is 0 Å². The summed E-state index contributed by atoms with van der Waals surface area (Å²) in [7, 11) is 0. The minimum atomic E-state index is 0.418. The van der Waals surface area contributed by atoms with Crippen molar-refractivity contribution in [2.75, 3.05) is 0 Å². The summed E-state index contributed by atoms with van der Waals surface area (Å²) in [5, 5.41) is 0. The molecule has 4 unspecified atom stereocenters. The van der Waals surface area contributed by atoms with Crippen molar-refractivity contribution in [3.05, 3.63) is 0 Å². The van der Waals surface area contributed by atoms with Crippen LogP contribution in [0.3, 0.4) is 0 Å². The first kappa shape index (κ1) is 14.0. The normalized spacial score (nSPS) is 20.1. The minimum Gasteiger partial charge on any atom is -0.328 e. The van der Waals surface area contributed by atoms with Gasteiger partial charge in [-0.3, -0.25) is 0 Å². The molecule has 0 aliphatic heterocycles. The quantitative estimate of drug-likeness (QED) is 0.662. The van der Waals surface area contributed by atoms with E-state index in [0.29, 0.717) is 6.04 Å². The molecule has 0 aliphatic carbocycles. The van der Waals surface area contributed by atoms with E-state index in [1.54, 1.807) is 0 Å². The molecule has 0 saturated heterocycles. The van der Waals surface area contributed by atoms with Crippen LogP contribution in [0.1, 0.15) is 60.3 Å². The molecule has 4 atom stereocenters. The zero-order valence-corrected chi connectivity index (χ0v) is 10.7. The van der Waals surface area contributed by atoms with Crippen LogP contribution in [0.15, 0.2) is 0 Å². The van der Waals surface area contributed by atoms with Gasteiger partial charge in [0.1, 0.15) is 0 Å². The van der Waals surface area contributed by atoms with E-state index >= 15 is 0 Å². The van der Waals surface area contributed by atoms with Crippen LogP contribution < -0.4 is 5.73 Å². The maximum absolute atomic E-state index is 5.93. The summed E-state index contributed by atoms with van der Waals surface area (Å²) in [4.78, 5) is 0. The molecule has 86 valence electrons. The van der Waals surface area contributed by atoms with Crippen LogP contribution >= 0.6 is 0 Å². The molecule has 14 heavy (non-hydrogen) atoms. The van der Waals surface area contributed by atoms with Gasteiger partial charge < -0.3 is 5.73 Å². The Morgan fingerprint density at radius 2 is 1.43 bits per heavy atom. The first-order valence-corrected chi connectivity index (χ1v) is 6.28. The molecule has 0 amide bonds. The SMILES string of the molecule is CCC(N)CCC(C)C(C)C(C)CC. The van der Waals surface area contributed by atoms with Crippen molar-refractivity contribution in [3.8, 4) is 0 Å². The number of hydrogen-bond donors (Lipinski definition) is 1. The van der Waals surface area contributed by atoms with E-state index in [2.05, 4.69) is 34.6 Å². The Balaban J connectivity index is 3.77. The first-order chi connectivity index (χ1) is 6.52. The molecule has 0 heterocycles. The second-order valence-electron chi connectivity index (χ2n) is 4.97. The average Bonchev–Trinajstić information content (AvgIpc) is 2.22. The Morgan fingerprint density at radius 1 is 0.857 bits per heavy atom. The highest BCUT2D eigenvalue weighted by molar-refractivity contribution is 4.69. The molecule has 0 saturated carbocycles. The third kappa shape index (κ3) is 4.99. The van der Waals surface area contributed by atoms with Crippen LogP contribution in [-0.4, -0.2) is 6.04 Å². The largest absolute Gasteiger partial charge is 0.328 e. The van der Waals surface area contributed by atoms with Crippen LogP contribution in [0.2, 0.25) is 0 Å². The standard InChI is InChI=1S/C13H29N/c1-6-10(3)12(5)11(4)8-9-13(14)7-2/h10-13H,6-9,14H2,1-5H3. The average molecular weight is 199 g/mol. The van der Waals surface area contributed by atoms with Crippen LogP contribution in [0.25, 0.3) is 0 Å². The van der Waals surface area contributed by atoms with Crippen molar-refractivity contribution in [2.45, 2.75) is 66.3 Å². The summed E-state index contributed by atoms with van der Waals surface area (Å²) >= 11 is 0. The van der Waals surface area contributed by atoms with E-state index in [-0.39, 0.29) is 0 Å². The van der Waals surface area contributed by atoms with Crippen molar-refractivity contribution in [1.29, 1.82) is 0 Å². The molecule has 0 aromatic heterocycles. The lowest BCUT2D eigenvalue weighted by Gasteiger charge is -2.26. The lowest BCUT2D eigenvalue weighted by molar-refractivity contribution is 0.252. The van der Waals surface area contributed by atoms with Gasteiger partial charge in [-0.15, -0.1) is 0 Å². The van der Waals surface area contributed by atoms with Crippen molar-refractivity contribution in [2.24, 2.45) is 23.5 Å². The summed E-state index contributed by atoms with van der Waals surface area (Å²) in [6, 6.07) is 0.418. The lowest BCUT2D eigenvalue weighted by atomic mass is 9.81. The van der Waals surface area contributed by atoms with Crippen molar-refractivity contribution < 1.29 is 0 Å². The van der Waals surface area contributed by atoms with Crippen LogP contribution in [0.4, 0.5) is 0 Å². The Bertz CT molecular complexity index is 133. The number of rotatable bonds is 7. The fourth-order valence-corrected chi connectivity index (χ4v) is 1.88. The second-order valence-corrected chi connectivity index (χ2v) is 4.97.